The van der Waals surface area contributed by atoms with Gasteiger partial charge in [0.15, 0.2) is 12.2 Å². The van der Waals surface area contributed by atoms with Crippen LogP contribution < -0.4 is 0 Å². The molecule has 0 rings (SSSR count). The van der Waals surface area contributed by atoms with Gasteiger partial charge < -0.3 is 33.8 Å². The Labute approximate surface area is 638 Å². The van der Waals surface area contributed by atoms with Crippen molar-refractivity contribution in [3.05, 3.63) is 0 Å². The predicted octanol–water partition coefficient (Wildman–Crippen LogP) is 25.8. The van der Waals surface area contributed by atoms with Gasteiger partial charge in [0, 0.05) is 25.7 Å². The molecule has 0 bridgehead atoms. The summed E-state index contributed by atoms with van der Waals surface area (Å²) in [6, 6.07) is 0. The molecule has 0 aromatic carbocycles. The number of phosphoric acid groups is 2. The lowest BCUT2D eigenvalue weighted by atomic mass is 10.0. The predicted molar refractivity (Wildman–Crippen MR) is 428 cm³/mol. The zero-order valence-electron chi connectivity index (χ0n) is 68.3. The zero-order valence-corrected chi connectivity index (χ0v) is 70.1. The molecular weight excluding hydrogens is 1350 g/mol. The second kappa shape index (κ2) is 76.4. The number of carbonyl (C=O) groups excluding carboxylic acids is 4. The van der Waals surface area contributed by atoms with Crippen LogP contribution in [0.4, 0.5) is 0 Å². The van der Waals surface area contributed by atoms with Crippen molar-refractivity contribution in [2.45, 2.75) is 471 Å². The van der Waals surface area contributed by atoms with Gasteiger partial charge in [-0.2, -0.15) is 0 Å². The minimum absolute atomic E-state index is 0.107. The highest BCUT2D eigenvalue weighted by molar-refractivity contribution is 7.47. The van der Waals surface area contributed by atoms with Gasteiger partial charge in [0.25, 0.3) is 0 Å². The van der Waals surface area contributed by atoms with Crippen LogP contribution in [0.15, 0.2) is 0 Å². The third-order valence-corrected chi connectivity index (χ3v) is 21.9. The van der Waals surface area contributed by atoms with Crippen molar-refractivity contribution in [1.29, 1.82) is 0 Å². The second-order valence-corrected chi connectivity index (χ2v) is 34.4. The van der Waals surface area contributed by atoms with E-state index in [0.29, 0.717) is 25.7 Å². The molecule has 0 spiro atoms. The summed E-state index contributed by atoms with van der Waals surface area (Å²) in [6.07, 6.45) is 68.1. The van der Waals surface area contributed by atoms with E-state index in [0.717, 1.165) is 102 Å². The normalized spacial score (nSPS) is 13.8. The number of phosphoric ester groups is 2. The molecule has 17 nitrogen and oxygen atoms in total. The highest BCUT2D eigenvalue weighted by Crippen LogP contribution is 2.45. The first-order valence-electron chi connectivity index (χ1n) is 44.0. The van der Waals surface area contributed by atoms with Gasteiger partial charge in [0.2, 0.25) is 0 Å². The van der Waals surface area contributed by atoms with Crippen LogP contribution in [0.2, 0.25) is 0 Å². The first kappa shape index (κ1) is 102. The first-order valence-corrected chi connectivity index (χ1v) is 47.0. The van der Waals surface area contributed by atoms with Gasteiger partial charge in [-0.3, -0.25) is 37.3 Å². The molecule has 2 unspecified atom stereocenters. The highest BCUT2D eigenvalue weighted by atomic mass is 31.2. The van der Waals surface area contributed by atoms with Crippen LogP contribution >= 0.6 is 15.6 Å². The van der Waals surface area contributed by atoms with E-state index < -0.39 is 97.5 Å². The average molecular weight is 1520 g/mol. The lowest BCUT2D eigenvalue weighted by molar-refractivity contribution is -0.161. The third-order valence-electron chi connectivity index (χ3n) is 20.0. The molecule has 19 heteroatoms. The molecule has 0 aromatic heterocycles. The van der Waals surface area contributed by atoms with Crippen molar-refractivity contribution in [2.75, 3.05) is 39.6 Å². The maximum Gasteiger partial charge on any atom is 0.472 e. The molecule has 0 aliphatic carbocycles. The number of hydrogen-bond donors (Lipinski definition) is 3. The maximum absolute atomic E-state index is 13.1. The van der Waals surface area contributed by atoms with Gasteiger partial charge >= 0.3 is 39.5 Å². The smallest absolute Gasteiger partial charge is 0.462 e. The molecule has 0 amide bonds. The fraction of sp³-hybridized carbons (Fsp3) is 0.953. The van der Waals surface area contributed by atoms with Gasteiger partial charge in [-0.15, -0.1) is 0 Å². The van der Waals surface area contributed by atoms with Crippen LogP contribution in [0.25, 0.3) is 0 Å². The van der Waals surface area contributed by atoms with Gasteiger partial charge in [-0.25, -0.2) is 9.13 Å². The number of ether oxygens (including phenoxy) is 4. The van der Waals surface area contributed by atoms with Crippen molar-refractivity contribution in [3.63, 3.8) is 0 Å². The van der Waals surface area contributed by atoms with Crippen molar-refractivity contribution in [2.24, 2.45) is 11.8 Å². The van der Waals surface area contributed by atoms with E-state index in [-0.39, 0.29) is 25.7 Å². The summed E-state index contributed by atoms with van der Waals surface area (Å²) < 4.78 is 68.8. The largest absolute Gasteiger partial charge is 0.472 e. The Hall–Kier alpha value is -1.94. The second-order valence-electron chi connectivity index (χ2n) is 31.5. The van der Waals surface area contributed by atoms with Crippen LogP contribution in [0.1, 0.15) is 452 Å². The molecule has 3 N–H and O–H groups in total. The zero-order chi connectivity index (χ0) is 76.4. The average Bonchev–Trinajstić information content (AvgIpc) is 0.908. The lowest BCUT2D eigenvalue weighted by Gasteiger charge is -2.21. The van der Waals surface area contributed by atoms with E-state index in [1.165, 1.54) is 270 Å². The minimum Gasteiger partial charge on any atom is -0.462 e. The third kappa shape index (κ3) is 78.2. The van der Waals surface area contributed by atoms with E-state index in [1.54, 1.807) is 0 Å². The number of esters is 4. The quantitative estimate of drug-likeness (QED) is 0.0222. The molecule has 618 valence electrons. The number of aliphatic hydroxyl groups excluding tert-OH is 1. The standard InChI is InChI=1S/C85H166O17P2/c1-7-9-11-13-15-17-19-21-22-23-24-25-26-27-32-36-40-44-52-58-64-70-85(90)101-80(73-95-82(87)67-61-55-49-42-38-35-31-29-28-30-34-37-41-47-53-59-65-77(3)4)75-99-103(91,92)97-71-79(86)72-98-104(93,94)100-76-81(74-96-83(88)68-62-56-50-46-45-48-54-60-66-78(5)6)102-84(89)69-63-57-51-43-39-33-20-18-16-14-12-10-8-2/h77-81,86H,7-76H2,1-6H3,(H,91,92)(H,93,94)/t79-,80-,81-/m1/s1. The number of carbonyl (C=O) groups is 4. The summed E-state index contributed by atoms with van der Waals surface area (Å²) in [4.78, 5) is 73.2. The monoisotopic (exact) mass is 1520 g/mol. The molecule has 0 saturated heterocycles. The van der Waals surface area contributed by atoms with Crippen molar-refractivity contribution >= 4 is 39.5 Å². The summed E-state index contributed by atoms with van der Waals surface area (Å²) in [7, 11) is -9.92. The molecule has 5 atom stereocenters. The molecule has 0 aromatic rings. The summed E-state index contributed by atoms with van der Waals surface area (Å²) in [6.45, 7) is 9.66. The fourth-order valence-corrected chi connectivity index (χ4v) is 14.8. The highest BCUT2D eigenvalue weighted by Gasteiger charge is 2.30. The topological polar surface area (TPSA) is 237 Å². The Bertz CT molecular complexity index is 1990. The first-order chi connectivity index (χ1) is 50.4. The van der Waals surface area contributed by atoms with Gasteiger partial charge in [-0.05, 0) is 37.5 Å². The summed E-state index contributed by atoms with van der Waals surface area (Å²) >= 11 is 0. The Balaban J connectivity index is 5.22. The summed E-state index contributed by atoms with van der Waals surface area (Å²) in [5.41, 5.74) is 0. The molecule has 104 heavy (non-hydrogen) atoms. The molecule has 0 saturated carbocycles. The van der Waals surface area contributed by atoms with Crippen molar-refractivity contribution in [3.8, 4) is 0 Å². The van der Waals surface area contributed by atoms with Crippen LogP contribution in [-0.4, -0.2) is 96.7 Å². The minimum atomic E-state index is -4.97. The molecular formula is C85H166O17P2. The van der Waals surface area contributed by atoms with Crippen LogP contribution in [-0.2, 0) is 65.4 Å². The molecule has 0 fully saturated rings. The Morgan fingerprint density at radius 1 is 0.260 bits per heavy atom. The van der Waals surface area contributed by atoms with E-state index >= 15 is 0 Å². The molecule has 0 heterocycles. The van der Waals surface area contributed by atoms with Crippen LogP contribution in [0, 0.1) is 11.8 Å². The Kier molecular flexibility index (Phi) is 75.0. The number of hydrogen-bond acceptors (Lipinski definition) is 15. The maximum atomic E-state index is 13.1. The van der Waals surface area contributed by atoms with Crippen LogP contribution in [0.3, 0.4) is 0 Å². The van der Waals surface area contributed by atoms with E-state index in [9.17, 15) is 43.2 Å². The lowest BCUT2D eigenvalue weighted by Crippen LogP contribution is -2.30. The van der Waals surface area contributed by atoms with E-state index in [2.05, 4.69) is 41.5 Å². The number of aliphatic hydroxyl groups is 1. The Morgan fingerprint density at radius 3 is 0.654 bits per heavy atom. The summed E-state index contributed by atoms with van der Waals surface area (Å²) in [5, 5.41) is 10.7. The molecule has 0 aliphatic heterocycles. The molecule has 0 radical (unpaired) electrons. The fourth-order valence-electron chi connectivity index (χ4n) is 13.2. The van der Waals surface area contributed by atoms with E-state index in [1.807, 2.05) is 0 Å². The number of unbranched alkanes of at least 4 members (excludes halogenated alkanes) is 54. The van der Waals surface area contributed by atoms with E-state index in [4.69, 9.17) is 37.0 Å². The van der Waals surface area contributed by atoms with Gasteiger partial charge in [0.1, 0.15) is 19.3 Å². The summed E-state index contributed by atoms with van der Waals surface area (Å²) in [5.74, 6) is -0.565. The van der Waals surface area contributed by atoms with Crippen molar-refractivity contribution < 1.29 is 80.2 Å². The SMILES string of the molecule is CCCCCCCCCCCCCCCCCCCCCCCC(=O)O[C@H](COC(=O)CCCCCCCCCCCCCCCCCCC(C)C)COP(=O)(O)OC[C@@H](O)COP(=O)(O)OC[C@@H](COC(=O)CCCCCCCCCCC(C)C)OC(=O)CCCCCCCCCCCCCCC. The van der Waals surface area contributed by atoms with Gasteiger partial charge in [-0.1, -0.05) is 401 Å². The molecule has 0 aliphatic rings. The van der Waals surface area contributed by atoms with Gasteiger partial charge in [0.05, 0.1) is 26.4 Å². The van der Waals surface area contributed by atoms with Crippen molar-refractivity contribution in [1.82, 2.24) is 0 Å². The van der Waals surface area contributed by atoms with Crippen LogP contribution in [0.5, 0.6) is 0 Å². The Morgan fingerprint density at radius 2 is 0.442 bits per heavy atom. The number of rotatable bonds is 84.